The Kier molecular flexibility index (Phi) is 2.09. The summed E-state index contributed by atoms with van der Waals surface area (Å²) in [6.45, 7) is 0. The predicted octanol–water partition coefficient (Wildman–Crippen LogP) is 1.11. The average molecular weight is 193 g/mol. The molecule has 3 N–H and O–H groups in total. The Labute approximate surface area is 81.1 Å². The van der Waals surface area contributed by atoms with Gasteiger partial charge in [-0.3, -0.25) is 10.1 Å². The molecule has 0 aromatic heterocycles. The van der Waals surface area contributed by atoms with Gasteiger partial charge in [-0.25, -0.2) is 0 Å². The lowest BCUT2D eigenvalue weighted by atomic mass is 10.3. The van der Waals surface area contributed by atoms with Crippen molar-refractivity contribution in [2.75, 3.05) is 5.32 Å². The summed E-state index contributed by atoms with van der Waals surface area (Å²) >= 11 is 0. The van der Waals surface area contributed by atoms with Crippen LogP contribution in [0.1, 0.15) is 6.42 Å². The first-order chi connectivity index (χ1) is 6.66. The Balaban J connectivity index is 2.02. The highest BCUT2D eigenvalue weighted by atomic mass is 16.6. The zero-order valence-electron chi connectivity index (χ0n) is 7.51. The lowest BCUT2D eigenvalue weighted by molar-refractivity contribution is -0.384. The second kappa shape index (κ2) is 3.26. The molecule has 0 bridgehead atoms. The highest BCUT2D eigenvalue weighted by molar-refractivity contribution is 5.50. The van der Waals surface area contributed by atoms with Gasteiger partial charge in [0, 0.05) is 29.9 Å². The van der Waals surface area contributed by atoms with Gasteiger partial charge in [0.25, 0.3) is 5.69 Å². The number of benzene rings is 1. The molecule has 2 atom stereocenters. The van der Waals surface area contributed by atoms with Crippen molar-refractivity contribution in [3.63, 3.8) is 0 Å². The summed E-state index contributed by atoms with van der Waals surface area (Å²) in [5, 5.41) is 13.5. The van der Waals surface area contributed by atoms with E-state index in [-0.39, 0.29) is 11.7 Å². The van der Waals surface area contributed by atoms with Crippen LogP contribution in [0.25, 0.3) is 0 Å². The van der Waals surface area contributed by atoms with E-state index in [0.29, 0.717) is 6.04 Å². The molecule has 1 aliphatic carbocycles. The molecule has 74 valence electrons. The molecule has 0 aliphatic heterocycles. The Hall–Kier alpha value is -1.62. The summed E-state index contributed by atoms with van der Waals surface area (Å²) in [6.07, 6.45) is 0.969. The molecule has 1 fully saturated rings. The van der Waals surface area contributed by atoms with E-state index in [1.807, 2.05) is 0 Å². The number of non-ortho nitro benzene ring substituents is 1. The summed E-state index contributed by atoms with van der Waals surface area (Å²) in [4.78, 5) is 9.95. The number of nitro groups is 1. The SMILES string of the molecule is NC1CC1Nc1ccc([N+](=O)[O-])cc1. The fourth-order valence-corrected chi connectivity index (χ4v) is 1.27. The van der Waals surface area contributed by atoms with Crippen LogP contribution in [0.2, 0.25) is 0 Å². The zero-order chi connectivity index (χ0) is 10.1. The Morgan fingerprint density at radius 2 is 2.00 bits per heavy atom. The molecule has 0 spiro atoms. The number of nitrogens with zero attached hydrogens (tertiary/aromatic N) is 1. The average Bonchev–Trinajstić information content (AvgIpc) is 2.82. The largest absolute Gasteiger partial charge is 0.381 e. The van der Waals surface area contributed by atoms with E-state index in [4.69, 9.17) is 5.73 Å². The topological polar surface area (TPSA) is 81.2 Å². The minimum Gasteiger partial charge on any atom is -0.381 e. The fraction of sp³-hybridized carbons (Fsp3) is 0.333. The van der Waals surface area contributed by atoms with Crippen LogP contribution < -0.4 is 11.1 Å². The van der Waals surface area contributed by atoms with Crippen LogP contribution in [0.4, 0.5) is 11.4 Å². The molecular weight excluding hydrogens is 182 g/mol. The summed E-state index contributed by atoms with van der Waals surface area (Å²) in [6, 6.07) is 6.92. The van der Waals surface area contributed by atoms with Gasteiger partial charge in [-0.1, -0.05) is 0 Å². The molecule has 14 heavy (non-hydrogen) atoms. The smallest absolute Gasteiger partial charge is 0.269 e. The van der Waals surface area contributed by atoms with Gasteiger partial charge < -0.3 is 11.1 Å². The standard InChI is InChI=1S/C9H11N3O2/c10-8-5-9(8)11-6-1-3-7(4-2-6)12(13)14/h1-4,8-9,11H,5,10H2. The molecule has 0 amide bonds. The quantitative estimate of drug-likeness (QED) is 0.556. The molecule has 2 rings (SSSR count). The molecule has 5 nitrogen and oxygen atoms in total. The van der Waals surface area contributed by atoms with Crippen LogP contribution in [0.15, 0.2) is 24.3 Å². The fourth-order valence-electron chi connectivity index (χ4n) is 1.27. The van der Waals surface area contributed by atoms with E-state index in [9.17, 15) is 10.1 Å². The molecule has 5 heteroatoms. The van der Waals surface area contributed by atoms with Gasteiger partial charge in [-0.05, 0) is 18.6 Å². The third-order valence-electron chi connectivity index (χ3n) is 2.27. The molecule has 0 heterocycles. The van der Waals surface area contributed by atoms with Gasteiger partial charge in [-0.2, -0.15) is 0 Å². The van der Waals surface area contributed by atoms with Gasteiger partial charge in [0.1, 0.15) is 0 Å². The Morgan fingerprint density at radius 3 is 2.43 bits per heavy atom. The molecule has 1 aliphatic rings. The van der Waals surface area contributed by atoms with Crippen molar-refractivity contribution in [2.45, 2.75) is 18.5 Å². The maximum absolute atomic E-state index is 10.4. The lowest BCUT2D eigenvalue weighted by Crippen LogP contribution is -2.12. The molecule has 1 aromatic carbocycles. The third kappa shape index (κ3) is 1.82. The van der Waals surface area contributed by atoms with Gasteiger partial charge >= 0.3 is 0 Å². The first-order valence-electron chi connectivity index (χ1n) is 4.43. The van der Waals surface area contributed by atoms with Crippen LogP contribution in [-0.4, -0.2) is 17.0 Å². The van der Waals surface area contributed by atoms with Crippen LogP contribution >= 0.6 is 0 Å². The first-order valence-corrected chi connectivity index (χ1v) is 4.43. The van der Waals surface area contributed by atoms with E-state index in [1.54, 1.807) is 12.1 Å². The number of hydrogen-bond donors (Lipinski definition) is 2. The third-order valence-corrected chi connectivity index (χ3v) is 2.27. The number of nitrogens with one attached hydrogen (secondary N) is 1. The van der Waals surface area contributed by atoms with Crippen LogP contribution in [-0.2, 0) is 0 Å². The van der Waals surface area contributed by atoms with Crippen molar-refractivity contribution < 1.29 is 4.92 Å². The van der Waals surface area contributed by atoms with E-state index in [2.05, 4.69) is 5.32 Å². The summed E-state index contributed by atoms with van der Waals surface area (Å²) in [5.74, 6) is 0. The summed E-state index contributed by atoms with van der Waals surface area (Å²) in [7, 11) is 0. The Morgan fingerprint density at radius 1 is 1.43 bits per heavy atom. The zero-order valence-corrected chi connectivity index (χ0v) is 7.51. The van der Waals surface area contributed by atoms with Crippen molar-refractivity contribution in [1.82, 2.24) is 0 Å². The van der Waals surface area contributed by atoms with Gasteiger partial charge in [0.05, 0.1) is 4.92 Å². The second-order valence-electron chi connectivity index (χ2n) is 3.45. The minimum absolute atomic E-state index is 0.107. The normalized spacial score (nSPS) is 24.4. The molecule has 1 aromatic rings. The highest BCUT2D eigenvalue weighted by Crippen LogP contribution is 2.24. The van der Waals surface area contributed by atoms with Crippen molar-refractivity contribution in [3.8, 4) is 0 Å². The van der Waals surface area contributed by atoms with Gasteiger partial charge in [-0.15, -0.1) is 0 Å². The second-order valence-corrected chi connectivity index (χ2v) is 3.45. The minimum atomic E-state index is -0.410. The number of anilines is 1. The van der Waals surface area contributed by atoms with Crippen molar-refractivity contribution in [1.29, 1.82) is 0 Å². The van der Waals surface area contributed by atoms with Crippen LogP contribution in [0, 0.1) is 10.1 Å². The molecule has 0 radical (unpaired) electrons. The first kappa shape index (κ1) is 8.96. The molecular formula is C9H11N3O2. The summed E-state index contributed by atoms with van der Waals surface area (Å²) < 4.78 is 0. The van der Waals surface area contributed by atoms with Crippen molar-refractivity contribution in [3.05, 3.63) is 34.4 Å². The highest BCUT2D eigenvalue weighted by Gasteiger charge is 2.33. The van der Waals surface area contributed by atoms with Crippen molar-refractivity contribution in [2.24, 2.45) is 5.73 Å². The monoisotopic (exact) mass is 193 g/mol. The molecule has 1 saturated carbocycles. The lowest BCUT2D eigenvalue weighted by Gasteiger charge is -2.03. The maximum Gasteiger partial charge on any atom is 0.269 e. The van der Waals surface area contributed by atoms with E-state index >= 15 is 0 Å². The van der Waals surface area contributed by atoms with Crippen molar-refractivity contribution >= 4 is 11.4 Å². The number of rotatable bonds is 3. The van der Waals surface area contributed by atoms with E-state index in [1.165, 1.54) is 12.1 Å². The maximum atomic E-state index is 10.4. The number of hydrogen-bond acceptors (Lipinski definition) is 4. The molecule has 0 saturated heterocycles. The molecule has 2 unspecified atom stereocenters. The van der Waals surface area contributed by atoms with Gasteiger partial charge in [0.2, 0.25) is 0 Å². The van der Waals surface area contributed by atoms with E-state index < -0.39 is 4.92 Å². The van der Waals surface area contributed by atoms with Crippen LogP contribution in [0.3, 0.4) is 0 Å². The van der Waals surface area contributed by atoms with E-state index in [0.717, 1.165) is 12.1 Å². The number of nitrogens with two attached hydrogens (primary N) is 1. The predicted molar refractivity (Wildman–Crippen MR) is 53.1 cm³/mol. The van der Waals surface area contributed by atoms with Crippen LogP contribution in [0.5, 0.6) is 0 Å². The summed E-state index contributed by atoms with van der Waals surface area (Å²) in [5.41, 5.74) is 6.61. The number of nitro benzene ring substituents is 1. The Bertz CT molecular complexity index is 350. The van der Waals surface area contributed by atoms with Gasteiger partial charge in [0.15, 0.2) is 0 Å².